The molecule has 0 radical (unpaired) electrons. The summed E-state index contributed by atoms with van der Waals surface area (Å²) in [5.74, 6) is 0.636. The highest BCUT2D eigenvalue weighted by Crippen LogP contribution is 2.20. The SMILES string of the molecule is Cc1ccc(NCS)c(S)c1. The van der Waals surface area contributed by atoms with Crippen molar-refractivity contribution in [1.29, 1.82) is 0 Å². The van der Waals surface area contributed by atoms with Gasteiger partial charge in [-0.05, 0) is 24.6 Å². The molecule has 0 bridgehead atoms. The van der Waals surface area contributed by atoms with Crippen molar-refractivity contribution in [2.75, 3.05) is 11.2 Å². The quantitative estimate of drug-likeness (QED) is 0.475. The first-order valence-corrected chi connectivity index (χ1v) is 4.46. The van der Waals surface area contributed by atoms with Gasteiger partial charge in [-0.3, -0.25) is 0 Å². The van der Waals surface area contributed by atoms with Crippen LogP contribution in [0.2, 0.25) is 0 Å². The number of hydrogen-bond donors (Lipinski definition) is 3. The van der Waals surface area contributed by atoms with E-state index in [0.29, 0.717) is 5.88 Å². The molecule has 0 saturated heterocycles. The number of hydrogen-bond acceptors (Lipinski definition) is 3. The first-order valence-electron chi connectivity index (χ1n) is 3.38. The van der Waals surface area contributed by atoms with E-state index in [-0.39, 0.29) is 0 Å². The summed E-state index contributed by atoms with van der Waals surface area (Å²) in [4.78, 5) is 0.971. The highest BCUT2D eigenvalue weighted by atomic mass is 32.1. The average molecular weight is 185 g/mol. The predicted molar refractivity (Wildman–Crippen MR) is 55.9 cm³/mol. The molecular formula is C8H11NS2. The van der Waals surface area contributed by atoms with Gasteiger partial charge < -0.3 is 5.32 Å². The molecule has 11 heavy (non-hydrogen) atoms. The second-order valence-corrected chi connectivity index (χ2v) is 3.15. The lowest BCUT2D eigenvalue weighted by atomic mass is 10.2. The first-order chi connectivity index (χ1) is 5.24. The van der Waals surface area contributed by atoms with Gasteiger partial charge in [0.05, 0.1) is 5.88 Å². The Hall–Kier alpha value is -0.280. The van der Waals surface area contributed by atoms with Crippen LogP contribution in [0.3, 0.4) is 0 Å². The van der Waals surface area contributed by atoms with Crippen molar-refractivity contribution in [3.8, 4) is 0 Å². The molecule has 60 valence electrons. The summed E-state index contributed by atoms with van der Waals surface area (Å²) in [5.41, 5.74) is 2.26. The highest BCUT2D eigenvalue weighted by molar-refractivity contribution is 7.80. The van der Waals surface area contributed by atoms with Gasteiger partial charge in [0, 0.05) is 10.6 Å². The van der Waals surface area contributed by atoms with Crippen molar-refractivity contribution in [3.05, 3.63) is 23.8 Å². The van der Waals surface area contributed by atoms with E-state index < -0.39 is 0 Å². The molecule has 0 aliphatic heterocycles. The van der Waals surface area contributed by atoms with Crippen LogP contribution in [0.1, 0.15) is 5.56 Å². The lowest BCUT2D eigenvalue weighted by Crippen LogP contribution is -1.95. The smallest absolute Gasteiger partial charge is 0.0581 e. The van der Waals surface area contributed by atoms with Gasteiger partial charge in [-0.1, -0.05) is 6.07 Å². The van der Waals surface area contributed by atoms with Crippen LogP contribution in [0, 0.1) is 6.92 Å². The zero-order chi connectivity index (χ0) is 8.27. The Kier molecular flexibility index (Phi) is 3.15. The number of anilines is 1. The van der Waals surface area contributed by atoms with Gasteiger partial charge in [0.2, 0.25) is 0 Å². The van der Waals surface area contributed by atoms with Gasteiger partial charge in [-0.25, -0.2) is 0 Å². The summed E-state index contributed by atoms with van der Waals surface area (Å²) in [7, 11) is 0. The van der Waals surface area contributed by atoms with E-state index >= 15 is 0 Å². The minimum atomic E-state index is 0.636. The Morgan fingerprint density at radius 1 is 1.45 bits per heavy atom. The fraction of sp³-hybridized carbons (Fsp3) is 0.250. The van der Waals surface area contributed by atoms with E-state index in [1.165, 1.54) is 5.56 Å². The lowest BCUT2D eigenvalue weighted by molar-refractivity contribution is 1.32. The lowest BCUT2D eigenvalue weighted by Gasteiger charge is -2.05. The first kappa shape index (κ1) is 8.81. The third-order valence-electron chi connectivity index (χ3n) is 1.42. The fourth-order valence-electron chi connectivity index (χ4n) is 0.876. The van der Waals surface area contributed by atoms with E-state index in [1.807, 2.05) is 25.1 Å². The van der Waals surface area contributed by atoms with Crippen LogP contribution < -0.4 is 5.32 Å². The third kappa shape index (κ3) is 2.34. The summed E-state index contributed by atoms with van der Waals surface area (Å²) >= 11 is 8.37. The van der Waals surface area contributed by atoms with Crippen LogP contribution >= 0.6 is 25.3 Å². The van der Waals surface area contributed by atoms with E-state index in [9.17, 15) is 0 Å². The second kappa shape index (κ2) is 3.93. The average Bonchev–Trinajstić information content (AvgIpc) is 1.95. The van der Waals surface area contributed by atoms with E-state index in [0.717, 1.165) is 10.6 Å². The number of nitrogens with one attached hydrogen (secondary N) is 1. The molecule has 0 aliphatic rings. The van der Waals surface area contributed by atoms with Gasteiger partial charge in [0.1, 0.15) is 0 Å². The van der Waals surface area contributed by atoms with Crippen molar-refractivity contribution in [3.63, 3.8) is 0 Å². The predicted octanol–water partition coefficient (Wildman–Crippen LogP) is 2.58. The maximum absolute atomic E-state index is 4.31. The normalized spacial score (nSPS) is 9.73. The fourth-order valence-corrected chi connectivity index (χ4v) is 1.40. The molecule has 0 aliphatic carbocycles. The minimum Gasteiger partial charge on any atom is -0.375 e. The summed E-state index contributed by atoms with van der Waals surface area (Å²) in [5, 5.41) is 3.09. The zero-order valence-corrected chi connectivity index (χ0v) is 8.12. The molecule has 0 heterocycles. The van der Waals surface area contributed by atoms with Crippen molar-refractivity contribution >= 4 is 30.9 Å². The summed E-state index contributed by atoms with van der Waals surface area (Å²) in [6.07, 6.45) is 0. The van der Waals surface area contributed by atoms with Gasteiger partial charge in [0.15, 0.2) is 0 Å². The monoisotopic (exact) mass is 185 g/mol. The Morgan fingerprint density at radius 3 is 2.73 bits per heavy atom. The Labute approximate surface area is 78.0 Å². The molecule has 1 N–H and O–H groups in total. The van der Waals surface area contributed by atoms with Crippen molar-refractivity contribution in [2.45, 2.75) is 11.8 Å². The van der Waals surface area contributed by atoms with Crippen LogP contribution in [-0.2, 0) is 0 Å². The van der Waals surface area contributed by atoms with Gasteiger partial charge in [-0.15, -0.1) is 12.6 Å². The highest BCUT2D eigenvalue weighted by Gasteiger charge is 1.95. The summed E-state index contributed by atoms with van der Waals surface area (Å²) in [6, 6.07) is 6.08. The Bertz CT molecular complexity index is 248. The number of aryl methyl sites for hydroxylation is 1. The number of thiol groups is 2. The molecule has 1 nitrogen and oxygen atoms in total. The standard InChI is InChI=1S/C8H11NS2/c1-6-2-3-7(9-5-10)8(11)4-6/h2-4,9-11H,5H2,1H3. The molecule has 1 rings (SSSR count). The van der Waals surface area contributed by atoms with E-state index in [1.54, 1.807) is 0 Å². The van der Waals surface area contributed by atoms with Gasteiger partial charge in [-0.2, -0.15) is 12.6 Å². The zero-order valence-electron chi connectivity index (χ0n) is 6.33. The number of benzene rings is 1. The maximum Gasteiger partial charge on any atom is 0.0581 e. The molecule has 0 saturated carbocycles. The molecule has 0 unspecified atom stereocenters. The molecule has 0 fully saturated rings. The van der Waals surface area contributed by atoms with Crippen molar-refractivity contribution < 1.29 is 0 Å². The molecule has 1 aromatic carbocycles. The molecule has 3 heteroatoms. The van der Waals surface area contributed by atoms with Gasteiger partial charge in [0.25, 0.3) is 0 Å². The Morgan fingerprint density at radius 2 is 2.18 bits per heavy atom. The van der Waals surface area contributed by atoms with Crippen LogP contribution in [0.15, 0.2) is 23.1 Å². The molecule has 0 spiro atoms. The topological polar surface area (TPSA) is 12.0 Å². The van der Waals surface area contributed by atoms with Crippen LogP contribution in [0.25, 0.3) is 0 Å². The molecule has 0 atom stereocenters. The van der Waals surface area contributed by atoms with Gasteiger partial charge >= 0.3 is 0 Å². The van der Waals surface area contributed by atoms with E-state index in [2.05, 4.69) is 30.6 Å². The maximum atomic E-state index is 4.31. The van der Waals surface area contributed by atoms with Crippen LogP contribution in [0.4, 0.5) is 5.69 Å². The van der Waals surface area contributed by atoms with E-state index in [4.69, 9.17) is 0 Å². The third-order valence-corrected chi connectivity index (χ3v) is 1.95. The molecule has 0 aromatic heterocycles. The van der Waals surface area contributed by atoms with Crippen LogP contribution in [-0.4, -0.2) is 5.88 Å². The summed E-state index contributed by atoms with van der Waals surface area (Å²) < 4.78 is 0. The summed E-state index contributed by atoms with van der Waals surface area (Å²) in [6.45, 7) is 2.05. The van der Waals surface area contributed by atoms with Crippen molar-refractivity contribution in [1.82, 2.24) is 0 Å². The largest absolute Gasteiger partial charge is 0.375 e. The number of rotatable bonds is 2. The molecule has 1 aromatic rings. The second-order valence-electron chi connectivity index (χ2n) is 2.36. The van der Waals surface area contributed by atoms with Crippen molar-refractivity contribution in [2.24, 2.45) is 0 Å². The van der Waals surface area contributed by atoms with Crippen LogP contribution in [0.5, 0.6) is 0 Å². The Balaban J connectivity index is 2.90. The molecule has 0 amide bonds. The molecular weight excluding hydrogens is 174 g/mol. The minimum absolute atomic E-state index is 0.636.